The standard InChI is InChI=1S/C25H24ClN3O/c1-15-8-16(2)10-23(9-15)29-18(4)11-20(19(29)5)12-21(14-27)25(30)28-22-7-6-17(3)24(26)13-22/h6-13H,1-5H3,(H,28,30)/b21-12-. The van der Waals surface area contributed by atoms with Crippen LogP contribution in [0.5, 0.6) is 0 Å². The van der Waals surface area contributed by atoms with Crippen LogP contribution in [-0.2, 0) is 4.79 Å². The van der Waals surface area contributed by atoms with E-state index in [-0.39, 0.29) is 5.57 Å². The van der Waals surface area contributed by atoms with Crippen molar-refractivity contribution in [3.63, 3.8) is 0 Å². The van der Waals surface area contributed by atoms with Crippen molar-refractivity contribution in [1.29, 1.82) is 5.26 Å². The van der Waals surface area contributed by atoms with Gasteiger partial charge in [0.1, 0.15) is 11.6 Å². The molecule has 0 spiro atoms. The Morgan fingerprint density at radius 1 is 1.03 bits per heavy atom. The molecule has 0 saturated heterocycles. The minimum absolute atomic E-state index is 0.0346. The van der Waals surface area contributed by atoms with Gasteiger partial charge in [0.15, 0.2) is 0 Å². The smallest absolute Gasteiger partial charge is 0.266 e. The van der Waals surface area contributed by atoms with Gasteiger partial charge in [0, 0.05) is 27.8 Å². The maximum atomic E-state index is 12.7. The topological polar surface area (TPSA) is 57.8 Å². The van der Waals surface area contributed by atoms with Gasteiger partial charge in [-0.15, -0.1) is 0 Å². The number of amides is 1. The molecule has 0 unspecified atom stereocenters. The molecule has 0 radical (unpaired) electrons. The highest BCUT2D eigenvalue weighted by molar-refractivity contribution is 6.31. The Kier molecular flexibility index (Phi) is 6.14. The molecule has 3 rings (SSSR count). The second kappa shape index (κ2) is 8.61. The number of hydrogen-bond donors (Lipinski definition) is 1. The van der Waals surface area contributed by atoms with Crippen LogP contribution in [0.4, 0.5) is 5.69 Å². The number of benzene rings is 2. The van der Waals surface area contributed by atoms with Crippen LogP contribution in [0.3, 0.4) is 0 Å². The fourth-order valence-electron chi connectivity index (χ4n) is 3.58. The number of nitrogens with one attached hydrogen (secondary N) is 1. The van der Waals surface area contributed by atoms with Crippen LogP contribution in [0.1, 0.15) is 33.6 Å². The molecule has 1 heterocycles. The minimum atomic E-state index is -0.464. The molecule has 0 aliphatic heterocycles. The van der Waals surface area contributed by atoms with Crippen molar-refractivity contribution >= 4 is 29.3 Å². The van der Waals surface area contributed by atoms with Crippen molar-refractivity contribution in [3.8, 4) is 11.8 Å². The molecule has 0 saturated carbocycles. The normalized spacial score (nSPS) is 11.3. The van der Waals surface area contributed by atoms with E-state index < -0.39 is 5.91 Å². The lowest BCUT2D eigenvalue weighted by atomic mass is 10.1. The molecule has 1 amide bonds. The van der Waals surface area contributed by atoms with E-state index in [9.17, 15) is 10.1 Å². The Balaban J connectivity index is 1.95. The first-order valence-electron chi connectivity index (χ1n) is 9.66. The largest absolute Gasteiger partial charge is 0.321 e. The predicted molar refractivity (Wildman–Crippen MR) is 123 cm³/mol. The minimum Gasteiger partial charge on any atom is -0.321 e. The molecule has 2 aromatic carbocycles. The highest BCUT2D eigenvalue weighted by Gasteiger charge is 2.14. The van der Waals surface area contributed by atoms with Crippen molar-refractivity contribution in [2.45, 2.75) is 34.6 Å². The van der Waals surface area contributed by atoms with E-state index >= 15 is 0 Å². The molecular formula is C25H24ClN3O. The number of rotatable bonds is 4. The summed E-state index contributed by atoms with van der Waals surface area (Å²) in [5.41, 5.74) is 7.78. The van der Waals surface area contributed by atoms with Gasteiger partial charge in [-0.1, -0.05) is 23.7 Å². The van der Waals surface area contributed by atoms with Crippen LogP contribution in [0.2, 0.25) is 5.02 Å². The lowest BCUT2D eigenvalue weighted by Gasteiger charge is -2.12. The summed E-state index contributed by atoms with van der Waals surface area (Å²) in [5, 5.41) is 12.9. The molecule has 5 heteroatoms. The Morgan fingerprint density at radius 3 is 2.30 bits per heavy atom. The number of carbonyl (C=O) groups is 1. The van der Waals surface area contributed by atoms with Gasteiger partial charge in [-0.3, -0.25) is 4.79 Å². The molecule has 152 valence electrons. The first-order valence-corrected chi connectivity index (χ1v) is 10.0. The quantitative estimate of drug-likeness (QED) is 0.404. The maximum absolute atomic E-state index is 12.7. The summed E-state index contributed by atoms with van der Waals surface area (Å²) in [6.07, 6.45) is 1.63. The number of nitriles is 1. The molecule has 0 atom stereocenters. The number of hydrogen-bond acceptors (Lipinski definition) is 2. The zero-order valence-corrected chi connectivity index (χ0v) is 18.6. The molecule has 1 N–H and O–H groups in total. The zero-order chi connectivity index (χ0) is 22.0. The Bertz CT molecular complexity index is 1190. The summed E-state index contributed by atoms with van der Waals surface area (Å²) in [7, 11) is 0. The average molecular weight is 418 g/mol. The summed E-state index contributed by atoms with van der Waals surface area (Å²) in [6.45, 7) is 10.0. The van der Waals surface area contributed by atoms with Gasteiger partial charge in [-0.05, 0) is 93.3 Å². The van der Waals surface area contributed by atoms with Crippen molar-refractivity contribution in [3.05, 3.63) is 86.7 Å². The van der Waals surface area contributed by atoms with Gasteiger partial charge in [0.2, 0.25) is 0 Å². The summed E-state index contributed by atoms with van der Waals surface area (Å²) in [6, 6.07) is 15.7. The van der Waals surface area contributed by atoms with Crippen LogP contribution in [0.15, 0.2) is 48.0 Å². The number of aromatic nitrogens is 1. The second-order valence-corrected chi connectivity index (χ2v) is 8.00. The maximum Gasteiger partial charge on any atom is 0.266 e. The summed E-state index contributed by atoms with van der Waals surface area (Å²) < 4.78 is 2.14. The lowest BCUT2D eigenvalue weighted by Crippen LogP contribution is -2.13. The summed E-state index contributed by atoms with van der Waals surface area (Å²) in [4.78, 5) is 12.7. The van der Waals surface area contributed by atoms with Crippen LogP contribution in [-0.4, -0.2) is 10.5 Å². The number of aryl methyl sites for hydroxylation is 4. The van der Waals surface area contributed by atoms with Crippen LogP contribution in [0, 0.1) is 45.9 Å². The number of nitrogens with zero attached hydrogens (tertiary/aromatic N) is 2. The monoisotopic (exact) mass is 417 g/mol. The van der Waals surface area contributed by atoms with Crippen molar-refractivity contribution < 1.29 is 4.79 Å². The number of anilines is 1. The van der Waals surface area contributed by atoms with E-state index in [4.69, 9.17) is 11.6 Å². The molecule has 30 heavy (non-hydrogen) atoms. The summed E-state index contributed by atoms with van der Waals surface area (Å²) in [5.74, 6) is -0.464. The molecule has 3 aromatic rings. The fraction of sp³-hybridized carbons (Fsp3) is 0.200. The van der Waals surface area contributed by atoms with Crippen LogP contribution < -0.4 is 5.32 Å². The SMILES string of the molecule is Cc1cc(C)cc(-n2c(C)cc(/C=C(/C#N)C(=O)Nc3ccc(C)c(Cl)c3)c2C)c1. The fourth-order valence-corrected chi connectivity index (χ4v) is 3.76. The van der Waals surface area contributed by atoms with E-state index in [1.165, 1.54) is 11.1 Å². The first-order chi connectivity index (χ1) is 14.2. The third-order valence-electron chi connectivity index (χ3n) is 5.03. The molecule has 0 bridgehead atoms. The zero-order valence-electron chi connectivity index (χ0n) is 17.8. The lowest BCUT2D eigenvalue weighted by molar-refractivity contribution is -0.112. The van der Waals surface area contributed by atoms with Gasteiger partial charge in [-0.2, -0.15) is 5.26 Å². The molecular weight excluding hydrogens is 394 g/mol. The second-order valence-electron chi connectivity index (χ2n) is 7.60. The van der Waals surface area contributed by atoms with Crippen molar-refractivity contribution in [2.24, 2.45) is 0 Å². The average Bonchev–Trinajstić information content (AvgIpc) is 2.95. The van der Waals surface area contributed by atoms with Crippen molar-refractivity contribution in [1.82, 2.24) is 4.57 Å². The van der Waals surface area contributed by atoms with E-state index in [0.717, 1.165) is 28.2 Å². The predicted octanol–water partition coefficient (Wildman–Crippen LogP) is 6.22. The molecule has 0 fully saturated rings. The van der Waals surface area contributed by atoms with Crippen molar-refractivity contribution in [2.75, 3.05) is 5.32 Å². The van der Waals surface area contributed by atoms with E-state index in [2.05, 4.69) is 41.9 Å². The van der Waals surface area contributed by atoms with Gasteiger partial charge in [0.05, 0.1) is 0 Å². The van der Waals surface area contributed by atoms with Crippen LogP contribution >= 0.6 is 11.6 Å². The molecule has 1 aromatic heterocycles. The first kappa shape index (κ1) is 21.4. The highest BCUT2D eigenvalue weighted by Crippen LogP contribution is 2.25. The number of carbonyl (C=O) groups excluding carboxylic acids is 1. The van der Waals surface area contributed by atoms with E-state index in [1.54, 1.807) is 18.2 Å². The number of halogens is 1. The van der Waals surface area contributed by atoms with E-state index in [1.807, 2.05) is 39.0 Å². The van der Waals surface area contributed by atoms with Gasteiger partial charge < -0.3 is 9.88 Å². The third-order valence-corrected chi connectivity index (χ3v) is 5.44. The molecule has 0 aliphatic carbocycles. The van der Waals surface area contributed by atoms with Gasteiger partial charge in [-0.25, -0.2) is 0 Å². The van der Waals surface area contributed by atoms with E-state index in [0.29, 0.717) is 10.7 Å². The van der Waals surface area contributed by atoms with Gasteiger partial charge >= 0.3 is 0 Å². The summed E-state index contributed by atoms with van der Waals surface area (Å²) >= 11 is 6.13. The van der Waals surface area contributed by atoms with Crippen LogP contribution in [0.25, 0.3) is 11.8 Å². The Labute approximate surface area is 182 Å². The van der Waals surface area contributed by atoms with Gasteiger partial charge in [0.25, 0.3) is 5.91 Å². The molecule has 4 nitrogen and oxygen atoms in total. The Hall–Kier alpha value is -3.29. The highest BCUT2D eigenvalue weighted by atomic mass is 35.5. The Morgan fingerprint density at radius 2 is 1.70 bits per heavy atom. The third kappa shape index (κ3) is 4.48. The molecule has 0 aliphatic rings.